The van der Waals surface area contributed by atoms with E-state index < -0.39 is 10.8 Å². The molecule has 0 aliphatic carbocycles. The van der Waals surface area contributed by atoms with E-state index in [0.29, 0.717) is 25.4 Å². The lowest BCUT2D eigenvalue weighted by Gasteiger charge is -2.17. The van der Waals surface area contributed by atoms with Gasteiger partial charge in [0, 0.05) is 39.0 Å². The van der Waals surface area contributed by atoms with Crippen molar-refractivity contribution < 1.29 is 14.5 Å². The van der Waals surface area contributed by atoms with E-state index in [1.807, 2.05) is 6.92 Å². The summed E-state index contributed by atoms with van der Waals surface area (Å²) in [6.45, 7) is 3.33. The van der Waals surface area contributed by atoms with E-state index in [1.54, 1.807) is 13.1 Å². The number of nitrogens with zero attached hydrogens (tertiary/aromatic N) is 2. The smallest absolute Gasteiger partial charge is 0.282 e. The molecule has 0 unspecified atom stereocenters. The number of hydrogen-bond donors (Lipinski definition) is 1. The minimum Gasteiger partial charge on any atom is -0.385 e. The van der Waals surface area contributed by atoms with Crippen molar-refractivity contribution in [1.82, 2.24) is 4.90 Å². The van der Waals surface area contributed by atoms with Gasteiger partial charge in [-0.05, 0) is 19.1 Å². The second-order valence-electron chi connectivity index (χ2n) is 4.24. The summed E-state index contributed by atoms with van der Waals surface area (Å²) in [5, 5.41) is 14.1. The fourth-order valence-corrected chi connectivity index (χ4v) is 1.72. The SMILES string of the molecule is CCNc1ccc([N+](=O)[O-])c(C(=O)N(C)CCOC)c1. The third-order valence-corrected chi connectivity index (χ3v) is 2.78. The Morgan fingerprint density at radius 2 is 2.20 bits per heavy atom. The van der Waals surface area contributed by atoms with E-state index in [2.05, 4.69) is 5.32 Å². The van der Waals surface area contributed by atoms with Crippen molar-refractivity contribution in [2.24, 2.45) is 0 Å². The summed E-state index contributed by atoms with van der Waals surface area (Å²) in [5.41, 5.74) is 0.564. The van der Waals surface area contributed by atoms with Crippen LogP contribution in [0.25, 0.3) is 0 Å². The lowest BCUT2D eigenvalue weighted by molar-refractivity contribution is -0.385. The van der Waals surface area contributed by atoms with Gasteiger partial charge in [0.1, 0.15) is 5.56 Å². The van der Waals surface area contributed by atoms with Gasteiger partial charge >= 0.3 is 0 Å². The molecule has 0 bridgehead atoms. The topological polar surface area (TPSA) is 84.7 Å². The molecule has 0 saturated heterocycles. The first kappa shape index (κ1) is 15.9. The molecular weight excluding hydrogens is 262 g/mol. The van der Waals surface area contributed by atoms with Gasteiger partial charge in [-0.25, -0.2) is 0 Å². The minimum absolute atomic E-state index is 0.0760. The van der Waals surface area contributed by atoms with Gasteiger partial charge in [0.2, 0.25) is 0 Å². The van der Waals surface area contributed by atoms with Crippen LogP contribution < -0.4 is 5.32 Å². The van der Waals surface area contributed by atoms with Crippen LogP contribution in [0.1, 0.15) is 17.3 Å². The number of amides is 1. The molecule has 0 radical (unpaired) electrons. The molecular formula is C13H19N3O4. The summed E-state index contributed by atoms with van der Waals surface area (Å²) in [4.78, 5) is 24.1. The average molecular weight is 281 g/mol. The molecule has 0 fully saturated rings. The van der Waals surface area contributed by atoms with Crippen LogP contribution in [0.2, 0.25) is 0 Å². The third-order valence-electron chi connectivity index (χ3n) is 2.78. The van der Waals surface area contributed by atoms with Crippen molar-refractivity contribution in [2.75, 3.05) is 39.2 Å². The van der Waals surface area contributed by atoms with Gasteiger partial charge in [-0.1, -0.05) is 0 Å². The first-order valence-corrected chi connectivity index (χ1v) is 6.28. The van der Waals surface area contributed by atoms with Crippen molar-refractivity contribution in [3.8, 4) is 0 Å². The summed E-state index contributed by atoms with van der Waals surface area (Å²) >= 11 is 0. The Kier molecular flexibility index (Phi) is 5.92. The highest BCUT2D eigenvalue weighted by atomic mass is 16.6. The number of carbonyl (C=O) groups is 1. The molecule has 20 heavy (non-hydrogen) atoms. The van der Waals surface area contributed by atoms with Gasteiger partial charge in [0.25, 0.3) is 11.6 Å². The fourth-order valence-electron chi connectivity index (χ4n) is 1.72. The average Bonchev–Trinajstić information content (AvgIpc) is 2.43. The Morgan fingerprint density at radius 1 is 1.50 bits per heavy atom. The number of nitro groups is 1. The molecule has 1 N–H and O–H groups in total. The number of hydrogen-bond acceptors (Lipinski definition) is 5. The lowest BCUT2D eigenvalue weighted by atomic mass is 10.1. The van der Waals surface area contributed by atoms with Gasteiger partial charge in [-0.2, -0.15) is 0 Å². The number of benzene rings is 1. The van der Waals surface area contributed by atoms with E-state index in [1.165, 1.54) is 24.1 Å². The zero-order valence-electron chi connectivity index (χ0n) is 11.9. The molecule has 0 atom stereocenters. The molecule has 110 valence electrons. The molecule has 1 amide bonds. The first-order valence-electron chi connectivity index (χ1n) is 6.28. The second kappa shape index (κ2) is 7.44. The molecule has 0 heterocycles. The number of carbonyl (C=O) groups excluding carboxylic acids is 1. The monoisotopic (exact) mass is 281 g/mol. The summed E-state index contributed by atoms with van der Waals surface area (Å²) in [6, 6.07) is 4.44. The van der Waals surface area contributed by atoms with Gasteiger partial charge in [0.15, 0.2) is 0 Å². The number of rotatable bonds is 7. The standard InChI is InChI=1S/C13H19N3O4/c1-4-14-10-5-6-12(16(18)19)11(9-10)13(17)15(2)7-8-20-3/h5-6,9,14H,4,7-8H2,1-3H3. The number of nitro benzene ring substituents is 1. The van der Waals surface area contributed by atoms with E-state index in [0.717, 1.165) is 0 Å². The predicted octanol–water partition coefficient (Wildman–Crippen LogP) is 1.74. The normalized spacial score (nSPS) is 10.2. The molecule has 0 aliphatic rings. The van der Waals surface area contributed by atoms with Gasteiger partial charge in [0.05, 0.1) is 11.5 Å². The Labute approximate surface area is 117 Å². The van der Waals surface area contributed by atoms with Gasteiger partial charge in [-0.15, -0.1) is 0 Å². The Hall–Kier alpha value is -2.15. The summed E-state index contributed by atoms with van der Waals surface area (Å²) in [5.74, 6) is -0.395. The van der Waals surface area contributed by atoms with Crippen molar-refractivity contribution in [3.63, 3.8) is 0 Å². The maximum atomic E-state index is 12.3. The predicted molar refractivity (Wildman–Crippen MR) is 76.1 cm³/mol. The number of nitrogens with one attached hydrogen (secondary N) is 1. The van der Waals surface area contributed by atoms with E-state index in [-0.39, 0.29) is 11.3 Å². The molecule has 0 saturated carbocycles. The van der Waals surface area contributed by atoms with Crippen LogP contribution in [0.4, 0.5) is 11.4 Å². The van der Waals surface area contributed by atoms with E-state index in [9.17, 15) is 14.9 Å². The van der Waals surface area contributed by atoms with Gasteiger partial charge < -0.3 is 15.0 Å². The van der Waals surface area contributed by atoms with Crippen LogP contribution in [0, 0.1) is 10.1 Å². The molecule has 0 spiro atoms. The molecule has 0 aliphatic heterocycles. The van der Waals surface area contributed by atoms with Crippen molar-refractivity contribution in [2.45, 2.75) is 6.92 Å². The van der Waals surface area contributed by atoms with Crippen LogP contribution in [-0.2, 0) is 4.74 Å². The molecule has 1 aromatic carbocycles. The number of methoxy groups -OCH3 is 1. The largest absolute Gasteiger partial charge is 0.385 e. The Bertz CT molecular complexity index is 491. The number of anilines is 1. The van der Waals surface area contributed by atoms with E-state index in [4.69, 9.17) is 4.74 Å². The van der Waals surface area contributed by atoms with Crippen LogP contribution >= 0.6 is 0 Å². The Balaban J connectivity index is 3.08. The number of ether oxygens (including phenoxy) is 1. The summed E-state index contributed by atoms with van der Waals surface area (Å²) in [6.07, 6.45) is 0. The van der Waals surface area contributed by atoms with E-state index >= 15 is 0 Å². The van der Waals surface area contributed by atoms with Crippen molar-refractivity contribution in [1.29, 1.82) is 0 Å². The molecule has 1 aromatic rings. The quantitative estimate of drug-likeness (QED) is 0.608. The van der Waals surface area contributed by atoms with Crippen molar-refractivity contribution >= 4 is 17.3 Å². The highest BCUT2D eigenvalue weighted by Crippen LogP contribution is 2.23. The summed E-state index contributed by atoms with van der Waals surface area (Å²) < 4.78 is 4.90. The molecule has 1 rings (SSSR count). The first-order chi connectivity index (χ1) is 9.51. The molecule has 0 aromatic heterocycles. The van der Waals surface area contributed by atoms with Crippen LogP contribution in [-0.4, -0.2) is 49.6 Å². The summed E-state index contributed by atoms with van der Waals surface area (Å²) in [7, 11) is 3.12. The number of likely N-dealkylation sites (N-methyl/N-ethyl adjacent to an activating group) is 1. The lowest BCUT2D eigenvalue weighted by Crippen LogP contribution is -2.30. The zero-order chi connectivity index (χ0) is 15.1. The Morgan fingerprint density at radius 3 is 2.75 bits per heavy atom. The highest BCUT2D eigenvalue weighted by molar-refractivity contribution is 5.99. The fraction of sp³-hybridized carbons (Fsp3) is 0.462. The maximum Gasteiger partial charge on any atom is 0.282 e. The van der Waals surface area contributed by atoms with Crippen molar-refractivity contribution in [3.05, 3.63) is 33.9 Å². The highest BCUT2D eigenvalue weighted by Gasteiger charge is 2.23. The minimum atomic E-state index is -0.548. The van der Waals surface area contributed by atoms with Crippen LogP contribution in [0.3, 0.4) is 0 Å². The molecule has 7 nitrogen and oxygen atoms in total. The maximum absolute atomic E-state index is 12.3. The second-order valence-corrected chi connectivity index (χ2v) is 4.24. The zero-order valence-corrected chi connectivity index (χ0v) is 11.9. The van der Waals surface area contributed by atoms with Crippen LogP contribution in [0.5, 0.6) is 0 Å². The third kappa shape index (κ3) is 3.92. The molecule has 7 heteroatoms. The van der Waals surface area contributed by atoms with Gasteiger partial charge in [-0.3, -0.25) is 14.9 Å². The van der Waals surface area contributed by atoms with Crippen LogP contribution in [0.15, 0.2) is 18.2 Å².